The zero-order valence-electron chi connectivity index (χ0n) is 11.6. The maximum absolute atomic E-state index is 13.0. The largest absolute Gasteiger partial charge is 0.419 e. The molecular formula is C13H17BrF3N3O. The standard InChI is InChI=1S/C13H17BrF3N3O/c1-9(8-20-2-4-21-5-3-20)19-12-11(13(15,16)17)6-10(14)7-18-12/h6-7,9H,2-5,8H2,1H3,(H,18,19). The molecule has 1 unspecified atom stereocenters. The molecule has 1 aliphatic rings. The molecule has 0 bridgehead atoms. The highest BCUT2D eigenvalue weighted by Crippen LogP contribution is 2.35. The Morgan fingerprint density at radius 2 is 2.10 bits per heavy atom. The summed E-state index contributed by atoms with van der Waals surface area (Å²) >= 11 is 3.02. The lowest BCUT2D eigenvalue weighted by Crippen LogP contribution is -2.42. The number of anilines is 1. The van der Waals surface area contributed by atoms with E-state index in [1.54, 1.807) is 0 Å². The maximum Gasteiger partial charge on any atom is 0.419 e. The van der Waals surface area contributed by atoms with Crippen molar-refractivity contribution in [3.8, 4) is 0 Å². The first kappa shape index (κ1) is 16.5. The normalized spacial score (nSPS) is 18.5. The van der Waals surface area contributed by atoms with Gasteiger partial charge in [-0.05, 0) is 28.9 Å². The van der Waals surface area contributed by atoms with Gasteiger partial charge in [-0.3, -0.25) is 4.90 Å². The van der Waals surface area contributed by atoms with Gasteiger partial charge in [-0.1, -0.05) is 0 Å². The second-order valence-corrected chi connectivity index (χ2v) is 5.92. The van der Waals surface area contributed by atoms with E-state index in [1.165, 1.54) is 6.20 Å². The summed E-state index contributed by atoms with van der Waals surface area (Å²) < 4.78 is 44.6. The quantitative estimate of drug-likeness (QED) is 0.887. The van der Waals surface area contributed by atoms with E-state index in [-0.39, 0.29) is 11.9 Å². The minimum absolute atomic E-state index is 0.133. The minimum atomic E-state index is -4.43. The lowest BCUT2D eigenvalue weighted by molar-refractivity contribution is -0.137. The van der Waals surface area contributed by atoms with Crippen LogP contribution in [0.25, 0.3) is 0 Å². The Kier molecular flexibility index (Phi) is 5.45. The summed E-state index contributed by atoms with van der Waals surface area (Å²) in [6.45, 7) is 5.42. The van der Waals surface area contributed by atoms with Gasteiger partial charge < -0.3 is 10.1 Å². The van der Waals surface area contributed by atoms with E-state index < -0.39 is 11.7 Å². The molecule has 118 valence electrons. The summed E-state index contributed by atoms with van der Waals surface area (Å²) in [6, 6.07) is 0.898. The van der Waals surface area contributed by atoms with E-state index in [0.717, 1.165) is 19.2 Å². The molecule has 0 spiro atoms. The van der Waals surface area contributed by atoms with Crippen molar-refractivity contribution in [1.82, 2.24) is 9.88 Å². The SMILES string of the molecule is CC(CN1CCOCC1)Nc1ncc(Br)cc1C(F)(F)F. The summed E-state index contributed by atoms with van der Waals surface area (Å²) in [7, 11) is 0. The van der Waals surface area contributed by atoms with E-state index in [9.17, 15) is 13.2 Å². The van der Waals surface area contributed by atoms with Crippen molar-refractivity contribution in [3.05, 3.63) is 22.3 Å². The highest BCUT2D eigenvalue weighted by molar-refractivity contribution is 9.10. The second-order valence-electron chi connectivity index (χ2n) is 5.01. The molecule has 1 saturated heterocycles. The van der Waals surface area contributed by atoms with E-state index in [0.29, 0.717) is 24.2 Å². The summed E-state index contributed by atoms with van der Waals surface area (Å²) in [5, 5.41) is 2.86. The molecule has 0 aliphatic carbocycles. The third-order valence-corrected chi connectivity index (χ3v) is 3.61. The topological polar surface area (TPSA) is 37.4 Å². The Balaban J connectivity index is 2.04. The Labute approximate surface area is 129 Å². The number of morpholine rings is 1. The molecule has 0 radical (unpaired) electrons. The van der Waals surface area contributed by atoms with E-state index >= 15 is 0 Å². The lowest BCUT2D eigenvalue weighted by Gasteiger charge is -2.29. The van der Waals surface area contributed by atoms with E-state index in [2.05, 4.69) is 31.1 Å². The van der Waals surface area contributed by atoms with Gasteiger partial charge in [0.25, 0.3) is 0 Å². The first-order chi connectivity index (χ1) is 9.86. The van der Waals surface area contributed by atoms with Crippen LogP contribution in [0, 0.1) is 0 Å². The number of aromatic nitrogens is 1. The second kappa shape index (κ2) is 6.93. The number of nitrogens with zero attached hydrogens (tertiary/aromatic N) is 2. The van der Waals surface area contributed by atoms with Crippen LogP contribution in [-0.2, 0) is 10.9 Å². The lowest BCUT2D eigenvalue weighted by atomic mass is 10.2. The number of pyridine rings is 1. The number of hydrogen-bond acceptors (Lipinski definition) is 4. The first-order valence-electron chi connectivity index (χ1n) is 6.65. The molecule has 4 nitrogen and oxygen atoms in total. The molecule has 0 aromatic carbocycles. The first-order valence-corrected chi connectivity index (χ1v) is 7.45. The molecule has 1 atom stereocenters. The minimum Gasteiger partial charge on any atom is -0.379 e. The highest BCUT2D eigenvalue weighted by Gasteiger charge is 2.35. The number of alkyl halides is 3. The van der Waals surface area contributed by atoms with Crippen molar-refractivity contribution in [2.45, 2.75) is 19.1 Å². The number of rotatable bonds is 4. The maximum atomic E-state index is 13.0. The molecule has 21 heavy (non-hydrogen) atoms. The zero-order valence-corrected chi connectivity index (χ0v) is 13.2. The van der Waals surface area contributed by atoms with Crippen LogP contribution in [0.1, 0.15) is 12.5 Å². The zero-order chi connectivity index (χ0) is 15.5. The summed E-state index contributed by atoms with van der Waals surface area (Å²) in [5.74, 6) is -0.133. The Morgan fingerprint density at radius 3 is 2.71 bits per heavy atom. The Bertz CT molecular complexity index is 478. The van der Waals surface area contributed by atoms with Gasteiger partial charge in [-0.15, -0.1) is 0 Å². The van der Waals surface area contributed by atoms with Crippen molar-refractivity contribution in [2.75, 3.05) is 38.2 Å². The number of halogens is 4. The molecule has 8 heteroatoms. The van der Waals surface area contributed by atoms with Crippen molar-refractivity contribution >= 4 is 21.7 Å². The smallest absolute Gasteiger partial charge is 0.379 e. The third-order valence-electron chi connectivity index (χ3n) is 3.18. The molecule has 0 amide bonds. The number of hydrogen-bond donors (Lipinski definition) is 1. The van der Waals surface area contributed by atoms with E-state index in [1.807, 2.05) is 6.92 Å². The molecule has 1 aromatic rings. The third kappa shape index (κ3) is 4.82. The number of nitrogens with one attached hydrogen (secondary N) is 1. The molecule has 0 saturated carbocycles. The molecule has 1 fully saturated rings. The van der Waals surface area contributed by atoms with Crippen LogP contribution in [0.2, 0.25) is 0 Å². The molecule has 2 heterocycles. The van der Waals surface area contributed by atoms with Crippen LogP contribution in [0.4, 0.5) is 19.0 Å². The molecule has 1 N–H and O–H groups in total. The molecule has 1 aromatic heterocycles. The van der Waals surface area contributed by atoms with Gasteiger partial charge in [0.05, 0.1) is 18.8 Å². The molecular weight excluding hydrogens is 351 g/mol. The van der Waals surface area contributed by atoms with Gasteiger partial charge in [0.15, 0.2) is 0 Å². The van der Waals surface area contributed by atoms with Crippen molar-refractivity contribution in [3.63, 3.8) is 0 Å². The predicted molar refractivity (Wildman–Crippen MR) is 77.3 cm³/mol. The fraction of sp³-hybridized carbons (Fsp3) is 0.615. The summed E-state index contributed by atoms with van der Waals surface area (Å²) in [6.07, 6.45) is -3.07. The average Bonchev–Trinajstić information content (AvgIpc) is 2.40. The monoisotopic (exact) mass is 367 g/mol. The predicted octanol–water partition coefficient (Wildman–Crippen LogP) is 3.00. The van der Waals surface area contributed by atoms with Gasteiger partial charge in [0, 0.05) is 36.3 Å². The number of ether oxygens (including phenoxy) is 1. The Morgan fingerprint density at radius 1 is 1.43 bits per heavy atom. The molecule has 2 rings (SSSR count). The van der Waals surface area contributed by atoms with Crippen molar-refractivity contribution < 1.29 is 17.9 Å². The average molecular weight is 368 g/mol. The fourth-order valence-corrected chi connectivity index (χ4v) is 2.55. The molecule has 1 aliphatic heterocycles. The van der Waals surface area contributed by atoms with Gasteiger partial charge in [0.1, 0.15) is 5.82 Å². The van der Waals surface area contributed by atoms with Crippen molar-refractivity contribution in [1.29, 1.82) is 0 Å². The van der Waals surface area contributed by atoms with Gasteiger partial charge in [-0.2, -0.15) is 13.2 Å². The fourth-order valence-electron chi connectivity index (χ4n) is 2.22. The van der Waals surface area contributed by atoms with E-state index in [4.69, 9.17) is 4.74 Å². The Hall–Kier alpha value is -0.860. The van der Waals surface area contributed by atoms with Crippen LogP contribution < -0.4 is 5.32 Å². The van der Waals surface area contributed by atoms with Crippen molar-refractivity contribution in [2.24, 2.45) is 0 Å². The summed E-state index contributed by atoms with van der Waals surface area (Å²) in [5.41, 5.74) is -0.759. The van der Waals surface area contributed by atoms with Crippen LogP contribution in [0.5, 0.6) is 0 Å². The van der Waals surface area contributed by atoms with Gasteiger partial charge in [-0.25, -0.2) is 4.98 Å². The highest BCUT2D eigenvalue weighted by atomic mass is 79.9. The van der Waals surface area contributed by atoms with Crippen LogP contribution >= 0.6 is 15.9 Å². The van der Waals surface area contributed by atoms with Crippen LogP contribution in [0.15, 0.2) is 16.7 Å². The van der Waals surface area contributed by atoms with Gasteiger partial charge >= 0.3 is 6.18 Å². The van der Waals surface area contributed by atoms with Crippen LogP contribution in [0.3, 0.4) is 0 Å². The van der Waals surface area contributed by atoms with Crippen LogP contribution in [-0.4, -0.2) is 48.8 Å². The van der Waals surface area contributed by atoms with Gasteiger partial charge in [0.2, 0.25) is 0 Å². The summed E-state index contributed by atoms with van der Waals surface area (Å²) in [4.78, 5) is 6.02.